The summed E-state index contributed by atoms with van der Waals surface area (Å²) in [7, 11) is 0. The van der Waals surface area contributed by atoms with Crippen molar-refractivity contribution in [2.24, 2.45) is 5.73 Å². The van der Waals surface area contributed by atoms with Gasteiger partial charge < -0.3 is 11.1 Å². The molecule has 3 N–H and O–H groups in total. The third-order valence-electron chi connectivity index (χ3n) is 4.16. The molecule has 0 aliphatic rings. The first-order valence-electron chi connectivity index (χ1n) is 9.80. The molecule has 33 heavy (non-hydrogen) atoms. The van der Waals surface area contributed by atoms with E-state index < -0.39 is 18.5 Å². The largest absolute Gasteiger partial charge is 0.388 e. The van der Waals surface area contributed by atoms with E-state index in [4.69, 9.17) is 5.73 Å². The van der Waals surface area contributed by atoms with E-state index in [0.29, 0.717) is 15.6 Å². The van der Waals surface area contributed by atoms with Gasteiger partial charge in [0, 0.05) is 23.4 Å². The second-order valence-electron chi connectivity index (χ2n) is 7.02. The molecule has 1 atom stereocenters. The fourth-order valence-corrected chi connectivity index (χ4v) is 3.33. The van der Waals surface area contributed by atoms with Gasteiger partial charge in [-0.05, 0) is 39.0 Å². The Balaban J connectivity index is 0.000000569. The minimum Gasteiger partial charge on any atom is -0.365 e. The lowest BCUT2D eigenvalue weighted by Crippen LogP contribution is -2.27. The van der Waals surface area contributed by atoms with Crippen molar-refractivity contribution >= 4 is 23.2 Å². The molecule has 0 fully saturated rings. The number of pyridine rings is 1. The third kappa shape index (κ3) is 7.90. The first kappa shape index (κ1) is 25.8. The van der Waals surface area contributed by atoms with E-state index in [9.17, 15) is 22.8 Å². The predicted octanol–water partition coefficient (Wildman–Crippen LogP) is 4.16. The number of aryl methyl sites for hydroxylation is 2. The van der Waals surface area contributed by atoms with E-state index in [1.807, 2.05) is 26.0 Å². The summed E-state index contributed by atoms with van der Waals surface area (Å²) in [5.41, 5.74) is 8.73. The summed E-state index contributed by atoms with van der Waals surface area (Å²) in [6.45, 7) is 6.67. The van der Waals surface area contributed by atoms with Crippen LogP contribution in [0.1, 0.15) is 62.9 Å². The number of nitrogens with zero attached hydrogens (tertiary/aromatic N) is 4. The number of rotatable bonds is 5. The van der Waals surface area contributed by atoms with E-state index in [0.717, 1.165) is 35.2 Å². The van der Waals surface area contributed by atoms with E-state index in [2.05, 4.69) is 25.3 Å². The van der Waals surface area contributed by atoms with Crippen molar-refractivity contribution in [3.63, 3.8) is 0 Å². The van der Waals surface area contributed by atoms with Crippen LogP contribution in [-0.4, -0.2) is 37.9 Å². The molecule has 0 aliphatic carbocycles. The van der Waals surface area contributed by atoms with Gasteiger partial charge in [0.1, 0.15) is 21.9 Å². The highest BCUT2D eigenvalue weighted by Gasteiger charge is 2.22. The summed E-state index contributed by atoms with van der Waals surface area (Å²) in [6.07, 6.45) is -1.93. The number of hydrogen-bond donors (Lipinski definition) is 2. The molecule has 0 aromatic carbocycles. The van der Waals surface area contributed by atoms with Gasteiger partial charge in [0.05, 0.1) is 17.9 Å². The molecule has 3 aromatic rings. The van der Waals surface area contributed by atoms with Crippen molar-refractivity contribution in [3.8, 4) is 11.3 Å². The SMILES string of the molecule is CCC(F)(F)F.Cc1cc(-c2cc(C(=O)NC(C)c3ncc(C(N)=O)s3)ncn2)cc(C)n1. The lowest BCUT2D eigenvalue weighted by molar-refractivity contribution is -0.130. The monoisotopic (exact) mass is 480 g/mol. The molecule has 3 rings (SSSR count). The third-order valence-corrected chi connectivity index (χ3v) is 5.36. The first-order valence-corrected chi connectivity index (χ1v) is 10.6. The molecular formula is C21H23F3N6O2S. The highest BCUT2D eigenvalue weighted by Crippen LogP contribution is 2.21. The Bertz CT molecular complexity index is 1110. The fraction of sp³-hybridized carbons (Fsp3) is 0.333. The molecule has 176 valence electrons. The quantitative estimate of drug-likeness (QED) is 0.565. The minimum absolute atomic E-state index is 0.241. The number of carbonyl (C=O) groups excluding carboxylic acids is 2. The number of aromatic nitrogens is 4. The molecule has 0 bridgehead atoms. The van der Waals surface area contributed by atoms with Crippen LogP contribution in [0.3, 0.4) is 0 Å². The minimum atomic E-state index is -3.96. The molecule has 0 saturated heterocycles. The van der Waals surface area contributed by atoms with Crippen molar-refractivity contribution in [1.82, 2.24) is 25.3 Å². The van der Waals surface area contributed by atoms with Gasteiger partial charge in [-0.1, -0.05) is 6.92 Å². The summed E-state index contributed by atoms with van der Waals surface area (Å²) < 4.78 is 32.4. The molecule has 2 amide bonds. The van der Waals surface area contributed by atoms with E-state index in [1.165, 1.54) is 12.5 Å². The normalized spacial score (nSPS) is 11.8. The highest BCUT2D eigenvalue weighted by atomic mass is 32.1. The first-order chi connectivity index (χ1) is 15.4. The van der Waals surface area contributed by atoms with Gasteiger partial charge in [0.15, 0.2) is 0 Å². The lowest BCUT2D eigenvalue weighted by Gasteiger charge is -2.11. The standard InChI is InChI=1S/C18H18N6O2S.C3H5F3/c1-9-4-12(5-10(2)23-9)13-6-14(22-8-21-13)17(26)24-11(3)18-20-7-15(27-18)16(19)25;1-2-3(4,5)6/h4-8,11H,1-3H3,(H2,19,25)(H,24,26);2H2,1H3. The second kappa shape index (κ2) is 10.9. The van der Waals surface area contributed by atoms with Gasteiger partial charge in [-0.15, -0.1) is 11.3 Å². The maximum Gasteiger partial charge on any atom is 0.388 e. The maximum absolute atomic E-state index is 12.6. The van der Waals surface area contributed by atoms with Crippen LogP contribution in [0.15, 0.2) is 30.7 Å². The Morgan fingerprint density at radius 2 is 1.73 bits per heavy atom. The van der Waals surface area contributed by atoms with Crippen molar-refractivity contribution in [2.75, 3.05) is 0 Å². The topological polar surface area (TPSA) is 124 Å². The van der Waals surface area contributed by atoms with Crippen LogP contribution < -0.4 is 11.1 Å². The summed E-state index contributed by atoms with van der Waals surface area (Å²) in [5.74, 6) is -0.898. The average Bonchev–Trinajstić information content (AvgIpc) is 3.24. The van der Waals surface area contributed by atoms with Gasteiger partial charge in [-0.3, -0.25) is 14.6 Å². The Labute approximate surface area is 192 Å². The summed E-state index contributed by atoms with van der Waals surface area (Å²) in [6, 6.07) is 5.05. The number of nitrogens with one attached hydrogen (secondary N) is 1. The van der Waals surface area contributed by atoms with Gasteiger partial charge in [0.25, 0.3) is 11.8 Å². The van der Waals surface area contributed by atoms with Gasteiger partial charge >= 0.3 is 6.18 Å². The Morgan fingerprint density at radius 3 is 2.24 bits per heavy atom. The molecule has 12 heteroatoms. The number of nitrogens with two attached hydrogens (primary N) is 1. The van der Waals surface area contributed by atoms with Crippen LogP contribution in [0.2, 0.25) is 0 Å². The summed E-state index contributed by atoms with van der Waals surface area (Å²) >= 11 is 1.15. The zero-order valence-corrected chi connectivity index (χ0v) is 19.2. The molecule has 3 aromatic heterocycles. The van der Waals surface area contributed by atoms with Gasteiger partial charge in [0.2, 0.25) is 0 Å². The molecule has 8 nitrogen and oxygen atoms in total. The van der Waals surface area contributed by atoms with Crippen LogP contribution in [0, 0.1) is 13.8 Å². The molecule has 0 aliphatic heterocycles. The highest BCUT2D eigenvalue weighted by molar-refractivity contribution is 7.13. The van der Waals surface area contributed by atoms with E-state index in [1.54, 1.807) is 13.0 Å². The average molecular weight is 481 g/mol. The number of amides is 2. The van der Waals surface area contributed by atoms with Crippen molar-refractivity contribution in [2.45, 2.75) is 46.3 Å². The Hall–Kier alpha value is -3.41. The van der Waals surface area contributed by atoms with Crippen LogP contribution in [0.4, 0.5) is 13.2 Å². The Kier molecular flexibility index (Phi) is 8.57. The molecular weight excluding hydrogens is 457 g/mol. The summed E-state index contributed by atoms with van der Waals surface area (Å²) in [5, 5.41) is 3.41. The maximum atomic E-state index is 12.6. The van der Waals surface area contributed by atoms with Crippen molar-refractivity contribution < 1.29 is 22.8 Å². The molecule has 0 saturated carbocycles. The number of primary amides is 1. The lowest BCUT2D eigenvalue weighted by atomic mass is 10.1. The Morgan fingerprint density at radius 1 is 1.12 bits per heavy atom. The molecule has 3 heterocycles. The molecule has 0 spiro atoms. The van der Waals surface area contributed by atoms with Crippen molar-refractivity contribution in [1.29, 1.82) is 0 Å². The molecule has 1 unspecified atom stereocenters. The van der Waals surface area contributed by atoms with Gasteiger partial charge in [-0.2, -0.15) is 13.2 Å². The number of thiazole rings is 1. The predicted molar refractivity (Wildman–Crippen MR) is 118 cm³/mol. The van der Waals surface area contributed by atoms with Crippen LogP contribution >= 0.6 is 11.3 Å². The van der Waals surface area contributed by atoms with Crippen LogP contribution in [-0.2, 0) is 0 Å². The number of hydrogen-bond acceptors (Lipinski definition) is 7. The van der Waals surface area contributed by atoms with Gasteiger partial charge in [-0.25, -0.2) is 15.0 Å². The zero-order chi connectivity index (χ0) is 24.8. The molecule has 0 radical (unpaired) electrons. The number of halogens is 3. The van der Waals surface area contributed by atoms with Crippen LogP contribution in [0.25, 0.3) is 11.3 Å². The zero-order valence-electron chi connectivity index (χ0n) is 18.4. The summed E-state index contributed by atoms with van der Waals surface area (Å²) in [4.78, 5) is 40.9. The van der Waals surface area contributed by atoms with E-state index >= 15 is 0 Å². The van der Waals surface area contributed by atoms with Crippen LogP contribution in [0.5, 0.6) is 0 Å². The number of alkyl halides is 3. The van der Waals surface area contributed by atoms with Crippen molar-refractivity contribution in [3.05, 3.63) is 57.7 Å². The fourth-order valence-electron chi connectivity index (χ4n) is 2.56. The van der Waals surface area contributed by atoms with E-state index in [-0.39, 0.29) is 17.6 Å². The second-order valence-corrected chi connectivity index (χ2v) is 8.08. The number of carbonyl (C=O) groups is 2. The smallest absolute Gasteiger partial charge is 0.365 e.